The van der Waals surface area contributed by atoms with Gasteiger partial charge in [0.25, 0.3) is 5.91 Å². The Labute approximate surface area is 219 Å². The molecule has 1 aromatic carbocycles. The number of hydrogen-bond acceptors (Lipinski definition) is 7. The fourth-order valence-corrected chi connectivity index (χ4v) is 6.43. The minimum absolute atomic E-state index is 0.258. The van der Waals surface area contributed by atoms with Crippen LogP contribution in [0.15, 0.2) is 24.3 Å². The second-order valence-corrected chi connectivity index (χ2v) is 11.8. The van der Waals surface area contributed by atoms with Crippen LogP contribution in [0.3, 0.4) is 0 Å². The number of anilines is 1. The smallest absolute Gasteiger partial charge is 0.256 e. The molecule has 204 valence electrons. The molecule has 1 aromatic rings. The van der Waals surface area contributed by atoms with E-state index in [9.17, 15) is 4.79 Å². The maximum Gasteiger partial charge on any atom is 0.256 e. The Kier molecular flexibility index (Phi) is 7.22. The first kappa shape index (κ1) is 25.6. The van der Waals surface area contributed by atoms with Crippen LogP contribution in [0, 0.1) is 5.92 Å². The van der Waals surface area contributed by atoms with E-state index in [1.165, 1.54) is 12.8 Å². The zero-order chi connectivity index (χ0) is 25.5. The van der Waals surface area contributed by atoms with Crippen LogP contribution in [0.5, 0.6) is 5.75 Å². The van der Waals surface area contributed by atoms with Gasteiger partial charge in [-0.1, -0.05) is 26.7 Å². The predicted molar refractivity (Wildman–Crippen MR) is 136 cm³/mol. The summed E-state index contributed by atoms with van der Waals surface area (Å²) in [5.41, 5.74) is 0.683. The molecule has 1 N–H and O–H groups in total. The van der Waals surface area contributed by atoms with Crippen LogP contribution in [-0.2, 0) is 28.5 Å². The first-order valence-electron chi connectivity index (χ1n) is 14.3. The number of carbonyl (C=O) groups is 1. The molecule has 3 heterocycles. The molecule has 0 bridgehead atoms. The highest BCUT2D eigenvalue weighted by Crippen LogP contribution is 2.51. The fourth-order valence-electron chi connectivity index (χ4n) is 6.43. The summed E-state index contributed by atoms with van der Waals surface area (Å²) in [7, 11) is 0. The van der Waals surface area contributed by atoms with Crippen molar-refractivity contribution in [3.63, 3.8) is 0 Å². The lowest BCUT2D eigenvalue weighted by Gasteiger charge is -2.36. The maximum absolute atomic E-state index is 13.6. The van der Waals surface area contributed by atoms with E-state index in [0.29, 0.717) is 18.2 Å². The average Bonchev–Trinajstić information content (AvgIpc) is 3.43. The number of carbonyl (C=O) groups excluding carboxylic acids is 1. The van der Waals surface area contributed by atoms with Crippen molar-refractivity contribution < 1.29 is 33.2 Å². The van der Waals surface area contributed by atoms with Gasteiger partial charge < -0.3 is 33.7 Å². The van der Waals surface area contributed by atoms with Crippen LogP contribution in [0.2, 0.25) is 0 Å². The molecule has 3 saturated heterocycles. The lowest BCUT2D eigenvalue weighted by molar-refractivity contribution is -0.246. The second-order valence-electron chi connectivity index (χ2n) is 11.8. The number of rotatable bonds is 6. The van der Waals surface area contributed by atoms with Crippen molar-refractivity contribution in [2.75, 3.05) is 11.9 Å². The van der Waals surface area contributed by atoms with Crippen molar-refractivity contribution in [2.24, 2.45) is 5.92 Å². The van der Waals surface area contributed by atoms with Crippen molar-refractivity contribution in [3.05, 3.63) is 24.3 Å². The Morgan fingerprint density at radius 3 is 2.11 bits per heavy atom. The molecular weight excluding hydrogens is 474 g/mol. The van der Waals surface area contributed by atoms with Crippen LogP contribution in [0.1, 0.15) is 84.5 Å². The van der Waals surface area contributed by atoms with Gasteiger partial charge in [0.2, 0.25) is 0 Å². The van der Waals surface area contributed by atoms with E-state index in [0.717, 1.165) is 63.5 Å². The molecule has 8 nitrogen and oxygen atoms in total. The summed E-state index contributed by atoms with van der Waals surface area (Å²) in [5.74, 6) is -0.177. The van der Waals surface area contributed by atoms with E-state index in [1.807, 2.05) is 24.3 Å². The van der Waals surface area contributed by atoms with Crippen molar-refractivity contribution >= 4 is 11.6 Å². The van der Waals surface area contributed by atoms with Gasteiger partial charge >= 0.3 is 0 Å². The van der Waals surface area contributed by atoms with Gasteiger partial charge in [-0.05, 0) is 62.3 Å². The Bertz CT molecular complexity index is 938. The highest BCUT2D eigenvalue weighted by molar-refractivity contribution is 5.94. The predicted octanol–water partition coefficient (Wildman–Crippen LogP) is 5.30. The summed E-state index contributed by atoms with van der Waals surface area (Å²) in [5, 5.41) is 3.02. The van der Waals surface area contributed by atoms with Crippen molar-refractivity contribution in [3.8, 4) is 5.75 Å². The number of benzene rings is 1. The number of fused-ring (bicyclic) bond motifs is 3. The molecule has 0 radical (unpaired) electrons. The quantitative estimate of drug-likeness (QED) is 0.551. The molecule has 5 fully saturated rings. The van der Waals surface area contributed by atoms with Gasteiger partial charge in [0.05, 0.1) is 6.61 Å². The molecule has 2 saturated carbocycles. The van der Waals surface area contributed by atoms with Crippen LogP contribution in [0.25, 0.3) is 0 Å². The highest BCUT2D eigenvalue weighted by atomic mass is 16.9. The van der Waals surface area contributed by atoms with E-state index in [1.54, 1.807) is 0 Å². The van der Waals surface area contributed by atoms with Crippen LogP contribution >= 0.6 is 0 Å². The minimum Gasteiger partial charge on any atom is -0.494 e. The zero-order valence-corrected chi connectivity index (χ0v) is 22.1. The Balaban J connectivity index is 1.17. The van der Waals surface area contributed by atoms with E-state index < -0.39 is 42.3 Å². The van der Waals surface area contributed by atoms with Gasteiger partial charge in [-0.25, -0.2) is 0 Å². The highest BCUT2D eigenvalue weighted by Gasteiger charge is 2.65. The summed E-state index contributed by atoms with van der Waals surface area (Å²) in [6, 6.07) is 7.46. The lowest BCUT2D eigenvalue weighted by Crippen LogP contribution is -2.58. The summed E-state index contributed by atoms with van der Waals surface area (Å²) in [6.07, 6.45) is 8.12. The normalized spacial score (nSPS) is 33.9. The SMILES string of the molecule is CC(C)CCOc1ccc(NC(=O)C2OC3OC4(CCCCC4)OC3C3OC4(CCCCC4)OC23)cc1. The van der Waals surface area contributed by atoms with Crippen molar-refractivity contribution in [1.29, 1.82) is 0 Å². The molecule has 0 aromatic heterocycles. The molecule has 1 amide bonds. The molecule has 5 aliphatic rings. The summed E-state index contributed by atoms with van der Waals surface area (Å²) >= 11 is 0. The van der Waals surface area contributed by atoms with Crippen LogP contribution in [-0.4, -0.2) is 54.8 Å². The van der Waals surface area contributed by atoms with Gasteiger partial charge in [-0.2, -0.15) is 0 Å². The van der Waals surface area contributed by atoms with Crippen LogP contribution < -0.4 is 10.1 Å². The summed E-state index contributed by atoms with van der Waals surface area (Å²) in [4.78, 5) is 13.6. The van der Waals surface area contributed by atoms with Crippen molar-refractivity contribution in [1.82, 2.24) is 0 Å². The molecule has 8 heteroatoms. The monoisotopic (exact) mass is 515 g/mol. The minimum atomic E-state index is -0.850. The van der Waals surface area contributed by atoms with Gasteiger partial charge in [0.15, 0.2) is 24.0 Å². The Morgan fingerprint density at radius 2 is 1.46 bits per heavy atom. The summed E-state index contributed by atoms with van der Waals surface area (Å²) in [6.45, 7) is 5.03. The topological polar surface area (TPSA) is 84.5 Å². The van der Waals surface area contributed by atoms with Crippen molar-refractivity contribution in [2.45, 2.75) is 127 Å². The number of nitrogens with one attached hydrogen (secondary N) is 1. The molecule has 6 rings (SSSR count). The summed E-state index contributed by atoms with van der Waals surface area (Å²) < 4.78 is 38.3. The average molecular weight is 516 g/mol. The first-order chi connectivity index (χ1) is 17.9. The van der Waals surface area contributed by atoms with E-state index in [-0.39, 0.29) is 5.91 Å². The largest absolute Gasteiger partial charge is 0.494 e. The lowest BCUT2D eigenvalue weighted by atomic mass is 9.94. The third-order valence-corrected chi connectivity index (χ3v) is 8.45. The molecule has 5 atom stereocenters. The first-order valence-corrected chi connectivity index (χ1v) is 14.3. The fraction of sp³-hybridized carbons (Fsp3) is 0.759. The van der Waals surface area contributed by atoms with Gasteiger partial charge in [-0.3, -0.25) is 4.79 Å². The molecule has 37 heavy (non-hydrogen) atoms. The molecular formula is C29H41NO7. The Morgan fingerprint density at radius 1 is 0.865 bits per heavy atom. The number of hydrogen-bond donors (Lipinski definition) is 1. The third-order valence-electron chi connectivity index (χ3n) is 8.45. The number of ether oxygens (including phenoxy) is 6. The van der Waals surface area contributed by atoms with E-state index >= 15 is 0 Å². The second kappa shape index (κ2) is 10.5. The maximum atomic E-state index is 13.6. The van der Waals surface area contributed by atoms with E-state index in [2.05, 4.69) is 19.2 Å². The standard InChI is InChI=1S/C29H41NO7/c1-19(2)13-18-32-21-11-9-20(10-12-21)30-26(31)24-22-23(35-28(34-22)14-5-3-6-15-28)25-27(33-24)37-29(36-25)16-7-4-8-17-29/h9-12,19,22-25,27H,3-8,13-18H2,1-2H3,(H,30,31). The third kappa shape index (κ3) is 5.28. The molecule has 5 unspecified atom stereocenters. The molecule has 3 aliphatic heterocycles. The van der Waals surface area contributed by atoms with Gasteiger partial charge in [0.1, 0.15) is 24.1 Å². The molecule has 2 aliphatic carbocycles. The Hall–Kier alpha value is -1.71. The molecule has 2 spiro atoms. The van der Waals surface area contributed by atoms with E-state index in [4.69, 9.17) is 28.4 Å². The van der Waals surface area contributed by atoms with Crippen LogP contribution in [0.4, 0.5) is 5.69 Å². The number of amides is 1. The van der Waals surface area contributed by atoms with Gasteiger partial charge in [0, 0.05) is 31.4 Å². The van der Waals surface area contributed by atoms with Gasteiger partial charge in [-0.15, -0.1) is 0 Å². The zero-order valence-electron chi connectivity index (χ0n) is 22.1.